The number of carbonyl (C=O) groups excluding carboxylic acids is 1. The van der Waals surface area contributed by atoms with Crippen LogP contribution in [0.3, 0.4) is 0 Å². The number of halogens is 2. The zero-order valence-electron chi connectivity index (χ0n) is 15.2. The van der Waals surface area contributed by atoms with Gasteiger partial charge in [-0.25, -0.2) is 8.78 Å². The van der Waals surface area contributed by atoms with Crippen LogP contribution in [0.25, 0.3) is 11.1 Å². The van der Waals surface area contributed by atoms with Gasteiger partial charge in [-0.1, -0.05) is 42.5 Å². The quantitative estimate of drug-likeness (QED) is 0.590. The first-order valence-electron chi connectivity index (χ1n) is 8.66. The molecule has 3 aromatic rings. The number of para-hydroxylation sites is 1. The maximum Gasteiger partial charge on any atom is 0.259 e. The highest BCUT2D eigenvalue weighted by molar-refractivity contribution is 6.08. The molecule has 0 aliphatic heterocycles. The van der Waals surface area contributed by atoms with Gasteiger partial charge in [0.2, 0.25) is 0 Å². The monoisotopic (exact) mass is 383 g/mol. The molecule has 4 nitrogen and oxygen atoms in total. The first-order chi connectivity index (χ1) is 13.6. The van der Waals surface area contributed by atoms with Gasteiger partial charge in [0, 0.05) is 18.7 Å². The van der Waals surface area contributed by atoms with Crippen LogP contribution in [-0.2, 0) is 4.74 Å². The molecular weight excluding hydrogens is 364 g/mol. The van der Waals surface area contributed by atoms with Crippen molar-refractivity contribution in [3.05, 3.63) is 83.9 Å². The van der Waals surface area contributed by atoms with E-state index >= 15 is 0 Å². The molecule has 3 rings (SSSR count). The van der Waals surface area contributed by atoms with Gasteiger partial charge in [0.05, 0.1) is 17.9 Å². The van der Waals surface area contributed by atoms with Gasteiger partial charge < -0.3 is 14.8 Å². The van der Waals surface area contributed by atoms with Crippen LogP contribution in [0, 0.1) is 11.6 Å². The van der Waals surface area contributed by atoms with Crippen molar-refractivity contribution >= 4 is 11.6 Å². The lowest BCUT2D eigenvalue weighted by Gasteiger charge is -2.15. The Morgan fingerprint density at radius 1 is 0.964 bits per heavy atom. The summed E-state index contributed by atoms with van der Waals surface area (Å²) in [5.41, 5.74) is 0.982. The van der Waals surface area contributed by atoms with Gasteiger partial charge in [0.1, 0.15) is 24.0 Å². The van der Waals surface area contributed by atoms with Crippen molar-refractivity contribution in [2.24, 2.45) is 0 Å². The first-order valence-corrected chi connectivity index (χ1v) is 8.66. The van der Waals surface area contributed by atoms with Gasteiger partial charge in [-0.2, -0.15) is 0 Å². The summed E-state index contributed by atoms with van der Waals surface area (Å²) in [5.74, 6) is -1.79. The Kier molecular flexibility index (Phi) is 6.34. The average Bonchev–Trinajstić information content (AvgIpc) is 2.71. The van der Waals surface area contributed by atoms with Crippen molar-refractivity contribution in [1.29, 1.82) is 0 Å². The van der Waals surface area contributed by atoms with E-state index in [1.807, 2.05) is 0 Å². The van der Waals surface area contributed by atoms with Gasteiger partial charge in [-0.05, 0) is 23.8 Å². The number of anilines is 1. The molecule has 0 unspecified atom stereocenters. The molecule has 0 saturated carbocycles. The fraction of sp³-hybridized carbons (Fsp3) is 0.136. The summed E-state index contributed by atoms with van der Waals surface area (Å²) in [7, 11) is 1.55. The molecule has 1 N–H and O–H groups in total. The molecule has 3 aromatic carbocycles. The van der Waals surface area contributed by atoms with Gasteiger partial charge in [-0.3, -0.25) is 4.79 Å². The normalized spacial score (nSPS) is 10.5. The lowest BCUT2D eigenvalue weighted by atomic mass is 10.0. The third kappa shape index (κ3) is 4.53. The molecule has 0 radical (unpaired) electrons. The van der Waals surface area contributed by atoms with E-state index in [1.54, 1.807) is 61.7 Å². The summed E-state index contributed by atoms with van der Waals surface area (Å²) in [4.78, 5) is 12.8. The van der Waals surface area contributed by atoms with Crippen LogP contribution in [0.4, 0.5) is 14.5 Å². The van der Waals surface area contributed by atoms with Gasteiger partial charge in [0.25, 0.3) is 5.91 Å². The van der Waals surface area contributed by atoms with Crippen molar-refractivity contribution in [1.82, 2.24) is 0 Å². The van der Waals surface area contributed by atoms with Crippen molar-refractivity contribution in [3.63, 3.8) is 0 Å². The molecule has 0 aliphatic rings. The smallest absolute Gasteiger partial charge is 0.259 e. The molecule has 144 valence electrons. The van der Waals surface area contributed by atoms with E-state index in [2.05, 4.69) is 5.32 Å². The van der Waals surface area contributed by atoms with Crippen LogP contribution in [0.5, 0.6) is 5.75 Å². The third-order valence-electron chi connectivity index (χ3n) is 4.06. The highest BCUT2D eigenvalue weighted by atomic mass is 19.1. The second-order valence-electron chi connectivity index (χ2n) is 5.97. The zero-order valence-corrected chi connectivity index (χ0v) is 15.2. The number of carbonyl (C=O) groups is 1. The molecule has 0 atom stereocenters. The summed E-state index contributed by atoms with van der Waals surface area (Å²) < 4.78 is 38.8. The predicted molar refractivity (Wildman–Crippen MR) is 104 cm³/mol. The number of methoxy groups -OCH3 is 1. The Balaban J connectivity index is 1.94. The molecule has 0 fully saturated rings. The van der Waals surface area contributed by atoms with E-state index in [4.69, 9.17) is 9.47 Å². The number of hydrogen-bond acceptors (Lipinski definition) is 3. The Hall–Kier alpha value is -3.25. The van der Waals surface area contributed by atoms with Gasteiger partial charge in [-0.15, -0.1) is 0 Å². The Morgan fingerprint density at radius 2 is 1.68 bits per heavy atom. The van der Waals surface area contributed by atoms with Crippen LogP contribution in [0.1, 0.15) is 10.4 Å². The predicted octanol–water partition coefficient (Wildman–Crippen LogP) is 4.91. The van der Waals surface area contributed by atoms with Crippen LogP contribution < -0.4 is 10.1 Å². The molecule has 28 heavy (non-hydrogen) atoms. The number of rotatable bonds is 7. The van der Waals surface area contributed by atoms with Crippen LogP contribution in [0.2, 0.25) is 0 Å². The minimum Gasteiger partial charge on any atom is -0.490 e. The second-order valence-corrected chi connectivity index (χ2v) is 5.97. The number of amides is 1. The molecule has 0 saturated heterocycles. The van der Waals surface area contributed by atoms with E-state index < -0.39 is 17.5 Å². The van der Waals surface area contributed by atoms with Crippen LogP contribution in [0.15, 0.2) is 66.7 Å². The second kappa shape index (κ2) is 9.10. The standard InChI is InChI=1S/C22H19F2NO3/c1-27-11-12-28-20-10-6-5-9-17(20)22(26)25-21-18(13-16(23)14-19(21)24)15-7-3-2-4-8-15/h2-10,13-14H,11-12H2,1H3,(H,25,26). The SMILES string of the molecule is COCCOc1ccccc1C(=O)Nc1c(F)cc(F)cc1-c1ccccc1. The van der Waals surface area contributed by atoms with Crippen molar-refractivity contribution in [3.8, 4) is 16.9 Å². The lowest BCUT2D eigenvalue weighted by molar-refractivity contribution is 0.101. The molecule has 6 heteroatoms. The van der Waals surface area contributed by atoms with E-state index in [1.165, 1.54) is 6.07 Å². The lowest BCUT2D eigenvalue weighted by Crippen LogP contribution is -2.16. The summed E-state index contributed by atoms with van der Waals surface area (Å²) >= 11 is 0. The Bertz CT molecular complexity index is 961. The highest BCUT2D eigenvalue weighted by Crippen LogP contribution is 2.32. The highest BCUT2D eigenvalue weighted by Gasteiger charge is 2.18. The first kappa shape index (κ1) is 19.5. The summed E-state index contributed by atoms with van der Waals surface area (Å²) in [6.07, 6.45) is 0. The van der Waals surface area contributed by atoms with Crippen molar-refractivity contribution in [2.75, 3.05) is 25.6 Å². The summed E-state index contributed by atoms with van der Waals surface area (Å²) in [6, 6.07) is 17.3. The number of nitrogens with one attached hydrogen (secondary N) is 1. The number of hydrogen-bond donors (Lipinski definition) is 1. The zero-order chi connectivity index (χ0) is 19.9. The molecule has 0 heterocycles. The Labute approximate surface area is 161 Å². The van der Waals surface area contributed by atoms with E-state index in [0.29, 0.717) is 17.9 Å². The molecule has 0 spiro atoms. The fourth-order valence-electron chi connectivity index (χ4n) is 2.74. The fourth-order valence-corrected chi connectivity index (χ4v) is 2.74. The molecule has 0 aliphatic carbocycles. The molecule has 0 aromatic heterocycles. The number of benzene rings is 3. The Morgan fingerprint density at radius 3 is 2.43 bits per heavy atom. The average molecular weight is 383 g/mol. The van der Waals surface area contributed by atoms with E-state index in [-0.39, 0.29) is 23.4 Å². The molecule has 0 bridgehead atoms. The van der Waals surface area contributed by atoms with Crippen LogP contribution >= 0.6 is 0 Å². The van der Waals surface area contributed by atoms with Crippen molar-refractivity contribution in [2.45, 2.75) is 0 Å². The van der Waals surface area contributed by atoms with Crippen LogP contribution in [-0.4, -0.2) is 26.2 Å². The van der Waals surface area contributed by atoms with Gasteiger partial charge >= 0.3 is 0 Å². The maximum absolute atomic E-state index is 14.5. The van der Waals surface area contributed by atoms with Gasteiger partial charge in [0.15, 0.2) is 0 Å². The molecule has 1 amide bonds. The third-order valence-corrected chi connectivity index (χ3v) is 4.06. The maximum atomic E-state index is 14.5. The minimum absolute atomic E-state index is 0.0932. The summed E-state index contributed by atoms with van der Waals surface area (Å²) in [6.45, 7) is 0.627. The topological polar surface area (TPSA) is 47.6 Å². The minimum atomic E-state index is -0.856. The number of ether oxygens (including phenoxy) is 2. The largest absolute Gasteiger partial charge is 0.490 e. The summed E-state index contributed by atoms with van der Waals surface area (Å²) in [5, 5.41) is 2.56. The van der Waals surface area contributed by atoms with E-state index in [0.717, 1.165) is 6.07 Å². The van der Waals surface area contributed by atoms with E-state index in [9.17, 15) is 13.6 Å². The van der Waals surface area contributed by atoms with Crippen molar-refractivity contribution < 1.29 is 23.0 Å². The molecular formula is C22H19F2NO3.